The number of halogens is 2. The van der Waals surface area contributed by atoms with Crippen molar-refractivity contribution in [3.63, 3.8) is 0 Å². The molecule has 0 bridgehead atoms. The van der Waals surface area contributed by atoms with Crippen molar-refractivity contribution < 1.29 is 27.1 Å². The van der Waals surface area contributed by atoms with Crippen LogP contribution in [0.3, 0.4) is 0 Å². The summed E-state index contributed by atoms with van der Waals surface area (Å²) in [4.78, 5) is 12.9. The summed E-state index contributed by atoms with van der Waals surface area (Å²) in [5.74, 6) is -1.71. The zero-order valence-electron chi connectivity index (χ0n) is 18.7. The Bertz CT molecular complexity index is 1000. The quantitative estimate of drug-likeness (QED) is 0.521. The van der Waals surface area contributed by atoms with Crippen molar-refractivity contribution in [1.29, 1.82) is 5.26 Å². The molecule has 1 fully saturated rings. The third kappa shape index (κ3) is 5.47. The van der Waals surface area contributed by atoms with Crippen molar-refractivity contribution in [3.05, 3.63) is 34.1 Å². The molecule has 1 heterocycles. The Morgan fingerprint density at radius 1 is 1.39 bits per heavy atom. The minimum atomic E-state index is -3.77. The third-order valence-corrected chi connectivity index (χ3v) is 8.28. The van der Waals surface area contributed by atoms with Crippen molar-refractivity contribution in [3.8, 4) is 6.07 Å². The molecule has 4 atom stereocenters. The van der Waals surface area contributed by atoms with Gasteiger partial charge in [0.2, 0.25) is 0 Å². The van der Waals surface area contributed by atoms with Crippen molar-refractivity contribution in [1.82, 2.24) is 0 Å². The van der Waals surface area contributed by atoms with Crippen LogP contribution in [0.25, 0.3) is 0 Å². The molecule has 1 unspecified atom stereocenters. The number of esters is 1. The number of rotatable bonds is 6. The van der Waals surface area contributed by atoms with Crippen LogP contribution in [0.1, 0.15) is 53.0 Å². The first-order chi connectivity index (χ1) is 14.0. The van der Waals surface area contributed by atoms with Crippen LogP contribution >= 0.6 is 15.9 Å². The van der Waals surface area contributed by atoms with Gasteiger partial charge in [0.25, 0.3) is 0 Å². The number of carbonyl (C=O) groups excluding carboxylic acids is 1. The number of hydrogen-bond acceptors (Lipinski definition) is 6. The second-order valence-electron chi connectivity index (χ2n) is 9.49. The van der Waals surface area contributed by atoms with Crippen LogP contribution in [0.5, 0.6) is 0 Å². The highest BCUT2D eigenvalue weighted by molar-refractivity contribution is 9.10. The van der Waals surface area contributed by atoms with Crippen molar-refractivity contribution in [2.75, 3.05) is 12.9 Å². The average molecular weight is 518 g/mol. The Hall–Kier alpha value is -1.50. The maximum atomic E-state index is 15.1. The summed E-state index contributed by atoms with van der Waals surface area (Å²) in [5.41, 5.74) is -1.71. The normalized spacial score (nSPS) is 26.2. The zero-order chi connectivity index (χ0) is 23.8. The highest BCUT2D eigenvalue weighted by Gasteiger charge is 2.55. The summed E-state index contributed by atoms with van der Waals surface area (Å²) >= 11 is 3.35. The van der Waals surface area contributed by atoms with Crippen LogP contribution in [-0.2, 0) is 29.5 Å². The molecule has 0 radical (unpaired) electrons. The Balaban J connectivity index is 2.66. The molecule has 0 N–H and O–H groups in total. The molecule has 9 heteroatoms. The molecule has 1 saturated heterocycles. The average Bonchev–Trinajstić information content (AvgIpc) is 2.91. The largest absolute Gasteiger partial charge is 0.460 e. The van der Waals surface area contributed by atoms with Crippen molar-refractivity contribution in [2.24, 2.45) is 5.92 Å². The van der Waals surface area contributed by atoms with E-state index in [1.807, 2.05) is 6.07 Å². The van der Waals surface area contributed by atoms with Gasteiger partial charge < -0.3 is 9.47 Å². The molecule has 31 heavy (non-hydrogen) atoms. The standard InChI is InChI=1S/C22H29BrFNO5S/c1-14-17(10-21(5,12-25)31(6,27)28)22(13-29-14,11-19(26)30-20(2,3)4)16-9-15(23)7-8-18(16)24/h7-9,14,17H,10-11,13H2,1-6H3/t14-,17-,21?,22+/m1/s1. The number of benzene rings is 1. The fourth-order valence-electron chi connectivity index (χ4n) is 4.08. The summed E-state index contributed by atoms with van der Waals surface area (Å²) in [5, 5.41) is 9.70. The summed E-state index contributed by atoms with van der Waals surface area (Å²) < 4.78 is 50.2. The molecule has 172 valence electrons. The molecule has 1 aliphatic rings. The molecule has 1 aromatic rings. The SMILES string of the molecule is C[C@H]1OC[C@@](CC(=O)OC(C)(C)C)(c2cc(Br)ccc2F)[C@@H]1CC(C)(C#N)S(C)(=O)=O. The van der Waals surface area contributed by atoms with E-state index in [4.69, 9.17) is 9.47 Å². The molecule has 2 rings (SSSR count). The number of sulfone groups is 1. The van der Waals surface area contributed by atoms with E-state index in [1.165, 1.54) is 13.0 Å². The molecular weight excluding hydrogens is 489 g/mol. The van der Waals surface area contributed by atoms with Gasteiger partial charge in [-0.1, -0.05) is 15.9 Å². The van der Waals surface area contributed by atoms with E-state index >= 15 is 4.39 Å². The lowest BCUT2D eigenvalue weighted by Gasteiger charge is -2.38. The molecule has 1 aromatic carbocycles. The second kappa shape index (κ2) is 8.80. The Morgan fingerprint density at radius 2 is 2.00 bits per heavy atom. The number of nitrogens with zero attached hydrogens (tertiary/aromatic N) is 1. The zero-order valence-corrected chi connectivity index (χ0v) is 21.1. The molecule has 6 nitrogen and oxygen atoms in total. The van der Waals surface area contributed by atoms with Crippen LogP contribution in [0.2, 0.25) is 0 Å². The van der Waals surface area contributed by atoms with Crippen LogP contribution in [-0.4, -0.2) is 43.7 Å². The van der Waals surface area contributed by atoms with E-state index in [2.05, 4.69) is 15.9 Å². The molecule has 0 saturated carbocycles. The lowest BCUT2D eigenvalue weighted by Crippen LogP contribution is -2.46. The van der Waals surface area contributed by atoms with Crippen molar-refractivity contribution in [2.45, 2.75) is 69.3 Å². The second-order valence-corrected chi connectivity index (χ2v) is 12.8. The molecule has 0 amide bonds. The maximum absolute atomic E-state index is 15.1. The van der Waals surface area contributed by atoms with Gasteiger partial charge in [-0.05, 0) is 70.7 Å². The van der Waals surface area contributed by atoms with Gasteiger partial charge in [0, 0.05) is 16.1 Å². The number of nitriles is 1. The maximum Gasteiger partial charge on any atom is 0.307 e. The molecular formula is C22H29BrFNO5S. The van der Waals surface area contributed by atoms with Gasteiger partial charge in [0.15, 0.2) is 14.6 Å². The van der Waals surface area contributed by atoms with E-state index in [-0.39, 0.29) is 25.0 Å². The number of hydrogen-bond donors (Lipinski definition) is 0. The van der Waals surface area contributed by atoms with Gasteiger partial charge >= 0.3 is 5.97 Å². The Kier molecular flexibility index (Phi) is 7.31. The molecule has 0 aromatic heterocycles. The first kappa shape index (κ1) is 25.8. The van der Waals surface area contributed by atoms with Gasteiger partial charge in [0.05, 0.1) is 25.2 Å². The van der Waals surface area contributed by atoms with Crippen LogP contribution in [0.4, 0.5) is 4.39 Å². The van der Waals surface area contributed by atoms with E-state index in [1.54, 1.807) is 39.8 Å². The number of carbonyl (C=O) groups is 1. The summed E-state index contributed by atoms with van der Waals surface area (Å²) in [6.07, 6.45) is 0.178. The monoisotopic (exact) mass is 517 g/mol. The topological polar surface area (TPSA) is 93.5 Å². The van der Waals surface area contributed by atoms with E-state index in [0.717, 1.165) is 6.26 Å². The fraction of sp³-hybridized carbons (Fsp3) is 0.636. The molecule has 0 spiro atoms. The molecule has 1 aliphatic heterocycles. The Labute approximate surface area is 192 Å². The van der Waals surface area contributed by atoms with E-state index in [0.29, 0.717) is 4.47 Å². The van der Waals surface area contributed by atoms with Gasteiger partial charge in [-0.2, -0.15) is 5.26 Å². The fourth-order valence-corrected chi connectivity index (χ4v) is 5.09. The number of ether oxygens (including phenoxy) is 2. The first-order valence-electron chi connectivity index (χ1n) is 9.94. The van der Waals surface area contributed by atoms with Gasteiger partial charge in [0.1, 0.15) is 11.4 Å². The van der Waals surface area contributed by atoms with Crippen LogP contribution in [0, 0.1) is 23.1 Å². The lowest BCUT2D eigenvalue weighted by atomic mass is 9.65. The van der Waals surface area contributed by atoms with Gasteiger partial charge in [-0.15, -0.1) is 0 Å². The summed E-state index contributed by atoms with van der Waals surface area (Å²) in [7, 11) is -3.77. The van der Waals surface area contributed by atoms with Gasteiger partial charge in [-0.3, -0.25) is 4.79 Å². The first-order valence-corrected chi connectivity index (χ1v) is 12.6. The highest BCUT2D eigenvalue weighted by atomic mass is 79.9. The highest BCUT2D eigenvalue weighted by Crippen LogP contribution is 2.50. The summed E-state index contributed by atoms with van der Waals surface area (Å²) in [6, 6.07) is 6.33. The minimum Gasteiger partial charge on any atom is -0.460 e. The van der Waals surface area contributed by atoms with Crippen LogP contribution < -0.4 is 0 Å². The Morgan fingerprint density at radius 3 is 2.52 bits per heavy atom. The minimum absolute atomic E-state index is 0.00325. The van der Waals surface area contributed by atoms with E-state index in [9.17, 15) is 18.5 Å². The lowest BCUT2D eigenvalue weighted by molar-refractivity contribution is -0.156. The van der Waals surface area contributed by atoms with Crippen LogP contribution in [0.15, 0.2) is 22.7 Å². The third-order valence-electron chi connectivity index (χ3n) is 5.89. The van der Waals surface area contributed by atoms with E-state index < -0.39 is 49.4 Å². The predicted molar refractivity (Wildman–Crippen MR) is 119 cm³/mol. The smallest absolute Gasteiger partial charge is 0.307 e. The van der Waals surface area contributed by atoms with Crippen molar-refractivity contribution >= 4 is 31.7 Å². The predicted octanol–water partition coefficient (Wildman–Crippen LogP) is 4.31. The molecule has 0 aliphatic carbocycles. The van der Waals surface area contributed by atoms with Gasteiger partial charge in [-0.25, -0.2) is 12.8 Å². The summed E-state index contributed by atoms with van der Waals surface area (Å²) in [6.45, 7) is 8.30.